The highest BCUT2D eigenvalue weighted by Crippen LogP contribution is 2.30. The van der Waals surface area contributed by atoms with Crippen molar-refractivity contribution in [2.75, 3.05) is 31.1 Å². The van der Waals surface area contributed by atoms with Gasteiger partial charge in [0.25, 0.3) is 0 Å². The van der Waals surface area contributed by atoms with Gasteiger partial charge in [-0.25, -0.2) is 4.39 Å². The van der Waals surface area contributed by atoms with Crippen molar-refractivity contribution < 1.29 is 14.0 Å². The molecule has 1 saturated heterocycles. The number of carbonyl (C=O) groups is 2. The van der Waals surface area contributed by atoms with Crippen LogP contribution in [0.4, 0.5) is 10.1 Å². The van der Waals surface area contributed by atoms with Gasteiger partial charge < -0.3 is 15.1 Å². The molecule has 1 N–H and O–H groups in total. The normalized spacial score (nSPS) is 17.5. The predicted molar refractivity (Wildman–Crippen MR) is 119 cm³/mol. The second-order valence-corrected chi connectivity index (χ2v) is 8.49. The van der Waals surface area contributed by atoms with Crippen LogP contribution in [0.25, 0.3) is 0 Å². The molecule has 0 aromatic heterocycles. The van der Waals surface area contributed by atoms with Crippen LogP contribution >= 0.6 is 0 Å². The van der Waals surface area contributed by atoms with Crippen LogP contribution < -0.4 is 10.2 Å². The Labute approximate surface area is 183 Å². The molecule has 31 heavy (non-hydrogen) atoms. The number of piperidine rings is 1. The Morgan fingerprint density at radius 3 is 2.55 bits per heavy atom. The highest BCUT2D eigenvalue weighted by molar-refractivity contribution is 5.96. The fourth-order valence-corrected chi connectivity index (χ4v) is 4.62. The van der Waals surface area contributed by atoms with Crippen molar-refractivity contribution in [2.24, 2.45) is 0 Å². The van der Waals surface area contributed by atoms with Crippen LogP contribution in [0, 0.1) is 5.82 Å². The van der Waals surface area contributed by atoms with Crippen LogP contribution in [-0.4, -0.2) is 48.9 Å². The van der Waals surface area contributed by atoms with E-state index in [4.69, 9.17) is 0 Å². The lowest BCUT2D eigenvalue weighted by Crippen LogP contribution is -2.45. The second-order valence-electron chi connectivity index (χ2n) is 8.49. The van der Waals surface area contributed by atoms with Crippen LogP contribution in [-0.2, 0) is 22.4 Å². The number of nitrogens with one attached hydrogen (secondary N) is 1. The standard InChI is InChI=1S/C25H30FN3O2/c26-22-9-4-8-20-10-11-24(31)29(25(20)22)15-5-14-28-16-12-21(13-17-28)27-23(30)18-19-6-2-1-3-7-19/h1-4,6-9,21H,5,10-18H2,(H,27,30). The van der Waals surface area contributed by atoms with Gasteiger partial charge in [0, 0.05) is 32.1 Å². The molecule has 2 aliphatic rings. The molecule has 1 fully saturated rings. The monoisotopic (exact) mass is 423 g/mol. The third-order valence-corrected chi connectivity index (χ3v) is 6.27. The van der Waals surface area contributed by atoms with Crippen LogP contribution in [0.5, 0.6) is 0 Å². The van der Waals surface area contributed by atoms with Gasteiger partial charge in [-0.3, -0.25) is 9.59 Å². The minimum absolute atomic E-state index is 0.0115. The van der Waals surface area contributed by atoms with Crippen molar-refractivity contribution in [2.45, 2.75) is 44.6 Å². The zero-order chi connectivity index (χ0) is 21.6. The van der Waals surface area contributed by atoms with Crippen molar-refractivity contribution in [3.8, 4) is 0 Å². The number of aryl methyl sites for hydroxylation is 1. The molecule has 0 unspecified atom stereocenters. The number of nitrogens with zero attached hydrogens (tertiary/aromatic N) is 2. The van der Waals surface area contributed by atoms with Crippen molar-refractivity contribution in [3.05, 3.63) is 65.5 Å². The first kappa shape index (κ1) is 21.5. The lowest BCUT2D eigenvalue weighted by molar-refractivity contribution is -0.121. The first-order chi connectivity index (χ1) is 15.1. The second kappa shape index (κ2) is 10.1. The number of rotatable bonds is 7. The third-order valence-electron chi connectivity index (χ3n) is 6.27. The van der Waals surface area contributed by atoms with Crippen LogP contribution in [0.1, 0.15) is 36.8 Å². The van der Waals surface area contributed by atoms with Crippen LogP contribution in [0.2, 0.25) is 0 Å². The number of anilines is 1. The zero-order valence-electron chi connectivity index (χ0n) is 17.9. The molecule has 6 heteroatoms. The summed E-state index contributed by atoms with van der Waals surface area (Å²) in [5, 5.41) is 3.16. The Kier molecular flexibility index (Phi) is 6.97. The Bertz CT molecular complexity index is 910. The molecule has 0 radical (unpaired) electrons. The van der Waals surface area contributed by atoms with Gasteiger partial charge >= 0.3 is 0 Å². The zero-order valence-corrected chi connectivity index (χ0v) is 17.9. The molecule has 2 aromatic carbocycles. The fourth-order valence-electron chi connectivity index (χ4n) is 4.62. The average Bonchev–Trinajstić information content (AvgIpc) is 2.77. The maximum absolute atomic E-state index is 14.3. The first-order valence-corrected chi connectivity index (χ1v) is 11.2. The van der Waals surface area contributed by atoms with Gasteiger partial charge in [0.1, 0.15) is 5.82 Å². The van der Waals surface area contributed by atoms with E-state index in [-0.39, 0.29) is 23.7 Å². The van der Waals surface area contributed by atoms with Crippen LogP contribution in [0.3, 0.4) is 0 Å². The Hall–Kier alpha value is -2.73. The number of fused-ring (bicyclic) bond motifs is 1. The SMILES string of the molecule is O=C(Cc1ccccc1)NC1CCN(CCCN2C(=O)CCc3cccc(F)c32)CC1. The van der Waals surface area contributed by atoms with Crippen molar-refractivity contribution in [3.63, 3.8) is 0 Å². The summed E-state index contributed by atoms with van der Waals surface area (Å²) >= 11 is 0. The van der Waals surface area contributed by atoms with E-state index in [0.717, 1.165) is 50.0 Å². The summed E-state index contributed by atoms with van der Waals surface area (Å²) in [6.45, 7) is 3.27. The number of hydrogen-bond donors (Lipinski definition) is 1. The molecule has 0 aliphatic carbocycles. The number of likely N-dealkylation sites (tertiary alicyclic amines) is 1. The first-order valence-electron chi connectivity index (χ1n) is 11.2. The van der Waals surface area contributed by atoms with E-state index < -0.39 is 0 Å². The van der Waals surface area contributed by atoms with Crippen molar-refractivity contribution in [1.29, 1.82) is 0 Å². The summed E-state index contributed by atoms with van der Waals surface area (Å²) in [4.78, 5) is 28.7. The highest BCUT2D eigenvalue weighted by atomic mass is 19.1. The smallest absolute Gasteiger partial charge is 0.227 e. The Morgan fingerprint density at radius 1 is 1.00 bits per heavy atom. The van der Waals surface area contributed by atoms with Gasteiger partial charge in [0.05, 0.1) is 12.1 Å². The summed E-state index contributed by atoms with van der Waals surface area (Å²) in [6.07, 6.45) is 4.16. The predicted octanol–water partition coefficient (Wildman–Crippen LogP) is 3.32. The number of benzene rings is 2. The molecule has 0 spiro atoms. The molecule has 2 aromatic rings. The van der Waals surface area contributed by atoms with Gasteiger partial charge in [-0.15, -0.1) is 0 Å². The largest absolute Gasteiger partial charge is 0.353 e. The van der Waals surface area contributed by atoms with E-state index in [1.807, 2.05) is 36.4 Å². The maximum Gasteiger partial charge on any atom is 0.227 e. The molecule has 0 saturated carbocycles. The number of carbonyl (C=O) groups excluding carboxylic acids is 2. The van der Waals surface area contributed by atoms with Crippen LogP contribution in [0.15, 0.2) is 48.5 Å². The average molecular weight is 424 g/mol. The van der Waals surface area contributed by atoms with E-state index in [1.165, 1.54) is 6.07 Å². The van der Waals surface area contributed by atoms with Gasteiger partial charge in [-0.1, -0.05) is 42.5 Å². The summed E-state index contributed by atoms with van der Waals surface area (Å²) in [5.74, 6) is -0.219. The molecule has 0 bridgehead atoms. The third kappa shape index (κ3) is 5.50. The minimum atomic E-state index is -0.308. The maximum atomic E-state index is 14.3. The highest BCUT2D eigenvalue weighted by Gasteiger charge is 2.27. The number of hydrogen-bond acceptors (Lipinski definition) is 3. The molecule has 4 rings (SSSR count). The molecule has 5 nitrogen and oxygen atoms in total. The Balaban J connectivity index is 1.20. The van der Waals surface area contributed by atoms with E-state index >= 15 is 0 Å². The summed E-state index contributed by atoms with van der Waals surface area (Å²) in [7, 11) is 0. The summed E-state index contributed by atoms with van der Waals surface area (Å²) in [6, 6.07) is 15.1. The van der Waals surface area contributed by atoms with E-state index in [9.17, 15) is 14.0 Å². The van der Waals surface area contributed by atoms with Gasteiger partial charge in [0.15, 0.2) is 0 Å². The van der Waals surface area contributed by atoms with Crippen molar-refractivity contribution >= 4 is 17.5 Å². The Morgan fingerprint density at radius 2 is 1.77 bits per heavy atom. The number of halogens is 1. The molecule has 0 atom stereocenters. The molecule has 164 valence electrons. The van der Waals surface area contributed by atoms with E-state index in [1.54, 1.807) is 11.0 Å². The number of amides is 2. The quantitative estimate of drug-likeness (QED) is 0.743. The minimum Gasteiger partial charge on any atom is -0.353 e. The molecular weight excluding hydrogens is 393 g/mol. The fraction of sp³-hybridized carbons (Fsp3) is 0.440. The molecular formula is C25H30FN3O2. The summed E-state index contributed by atoms with van der Waals surface area (Å²) in [5.41, 5.74) is 2.42. The van der Waals surface area contributed by atoms with Gasteiger partial charge in [0.2, 0.25) is 11.8 Å². The van der Waals surface area contributed by atoms with Crippen molar-refractivity contribution in [1.82, 2.24) is 10.2 Å². The topological polar surface area (TPSA) is 52.7 Å². The van der Waals surface area contributed by atoms with E-state index in [2.05, 4.69) is 10.2 Å². The molecule has 2 amide bonds. The molecule has 2 heterocycles. The van der Waals surface area contributed by atoms with Gasteiger partial charge in [-0.05, 0) is 49.4 Å². The van der Waals surface area contributed by atoms with Gasteiger partial charge in [-0.2, -0.15) is 0 Å². The number of para-hydroxylation sites is 1. The lowest BCUT2D eigenvalue weighted by Gasteiger charge is -2.34. The molecule has 2 aliphatic heterocycles. The van der Waals surface area contributed by atoms with E-state index in [0.29, 0.717) is 31.5 Å². The lowest BCUT2D eigenvalue weighted by atomic mass is 10.0. The summed E-state index contributed by atoms with van der Waals surface area (Å²) < 4.78 is 14.3.